The molecule has 0 bridgehead atoms. The van der Waals surface area contributed by atoms with Gasteiger partial charge in [0.05, 0.1) is 5.75 Å². The number of hydrogen-bond acceptors (Lipinski definition) is 3. The number of amides is 1. The van der Waals surface area contributed by atoms with E-state index in [0.717, 1.165) is 12.0 Å². The number of aryl methyl sites for hydroxylation is 1. The van der Waals surface area contributed by atoms with Crippen LogP contribution in [0.2, 0.25) is 0 Å². The Morgan fingerprint density at radius 2 is 1.77 bits per heavy atom. The van der Waals surface area contributed by atoms with Crippen LogP contribution in [0.25, 0.3) is 0 Å². The molecule has 1 aromatic carbocycles. The number of carbonyl (C=O) groups excluding carboxylic acids is 1. The lowest BCUT2D eigenvalue weighted by molar-refractivity contribution is -0.127. The molecule has 1 aromatic rings. The second-order valence-electron chi connectivity index (χ2n) is 7.62. The zero-order chi connectivity index (χ0) is 19.2. The lowest BCUT2D eigenvalue weighted by Crippen LogP contribution is -2.46. The molecule has 26 heavy (non-hydrogen) atoms. The molecule has 1 amide bonds. The average molecular weight is 381 g/mol. The molecule has 0 radical (unpaired) electrons. The van der Waals surface area contributed by atoms with E-state index < -0.39 is 10.0 Å². The van der Waals surface area contributed by atoms with E-state index in [-0.39, 0.29) is 23.6 Å². The quantitative estimate of drug-likeness (QED) is 0.754. The molecule has 0 aromatic heterocycles. The van der Waals surface area contributed by atoms with Crippen molar-refractivity contribution in [1.29, 1.82) is 0 Å². The van der Waals surface area contributed by atoms with Gasteiger partial charge in [0.1, 0.15) is 0 Å². The minimum atomic E-state index is -3.24. The Hall–Kier alpha value is -1.40. The monoisotopic (exact) mass is 380 g/mol. The zero-order valence-electron chi connectivity index (χ0n) is 16.1. The smallest absolute Gasteiger partial charge is 0.223 e. The first kappa shape index (κ1) is 20.9. The third kappa shape index (κ3) is 6.09. The Bertz CT molecular complexity index is 666. The van der Waals surface area contributed by atoms with Crippen molar-refractivity contribution in [1.82, 2.24) is 9.62 Å². The Balaban J connectivity index is 1.77. The summed E-state index contributed by atoms with van der Waals surface area (Å²) in [6.07, 6.45) is 2.60. The van der Waals surface area contributed by atoms with Crippen molar-refractivity contribution >= 4 is 15.9 Å². The minimum absolute atomic E-state index is 0.0623. The van der Waals surface area contributed by atoms with Crippen LogP contribution in [-0.4, -0.2) is 43.5 Å². The molecular formula is C20H32N2O3S. The summed E-state index contributed by atoms with van der Waals surface area (Å²) in [4.78, 5) is 12.3. The second-order valence-corrected chi connectivity index (χ2v) is 9.71. The van der Waals surface area contributed by atoms with Gasteiger partial charge in [0.2, 0.25) is 15.9 Å². The van der Waals surface area contributed by atoms with E-state index >= 15 is 0 Å². The van der Waals surface area contributed by atoms with Gasteiger partial charge in [0.15, 0.2) is 0 Å². The van der Waals surface area contributed by atoms with Gasteiger partial charge >= 0.3 is 0 Å². The summed E-state index contributed by atoms with van der Waals surface area (Å²) in [5.41, 5.74) is 1.16. The van der Waals surface area contributed by atoms with Crippen LogP contribution in [0.15, 0.2) is 30.3 Å². The molecule has 1 aliphatic heterocycles. The van der Waals surface area contributed by atoms with E-state index in [2.05, 4.69) is 19.2 Å². The number of nitrogens with zero attached hydrogens (tertiary/aromatic N) is 1. The molecule has 1 saturated heterocycles. The molecule has 6 heteroatoms. The number of rotatable bonds is 8. The minimum Gasteiger partial charge on any atom is -0.353 e. The maximum atomic E-state index is 12.5. The van der Waals surface area contributed by atoms with Gasteiger partial charge in [-0.15, -0.1) is 0 Å². The average Bonchev–Trinajstić information content (AvgIpc) is 2.62. The van der Waals surface area contributed by atoms with Crippen molar-refractivity contribution in [2.45, 2.75) is 52.5 Å². The van der Waals surface area contributed by atoms with Gasteiger partial charge in [-0.2, -0.15) is 0 Å². The lowest BCUT2D eigenvalue weighted by Gasteiger charge is -2.31. The SMILES string of the molecule is CC(C)[C@H](C)NC(=O)C1CCN(S(=O)(=O)CCCc2ccccc2)CC1. The van der Waals surface area contributed by atoms with Crippen LogP contribution in [0.1, 0.15) is 45.6 Å². The molecule has 1 aliphatic rings. The Morgan fingerprint density at radius 1 is 1.15 bits per heavy atom. The fraction of sp³-hybridized carbons (Fsp3) is 0.650. The van der Waals surface area contributed by atoms with E-state index in [1.807, 2.05) is 37.3 Å². The first-order valence-corrected chi connectivity index (χ1v) is 11.2. The normalized spacial score (nSPS) is 18.0. The standard InChI is InChI=1S/C20H32N2O3S/c1-16(2)17(3)21-20(23)19-11-13-22(14-12-19)26(24,25)15-7-10-18-8-5-4-6-9-18/h4-6,8-9,16-17,19H,7,10-15H2,1-3H3,(H,21,23)/t17-/m0/s1. The van der Waals surface area contributed by atoms with Crippen LogP contribution < -0.4 is 5.32 Å². The number of sulfonamides is 1. The molecule has 1 N–H and O–H groups in total. The molecule has 0 unspecified atom stereocenters. The Kier molecular flexibility index (Phi) is 7.65. The van der Waals surface area contributed by atoms with Gasteiger partial charge in [-0.3, -0.25) is 4.79 Å². The van der Waals surface area contributed by atoms with Gasteiger partial charge < -0.3 is 5.32 Å². The summed E-state index contributed by atoms with van der Waals surface area (Å²) in [7, 11) is -3.24. The lowest BCUT2D eigenvalue weighted by atomic mass is 9.96. The summed E-state index contributed by atoms with van der Waals surface area (Å²) in [6.45, 7) is 7.06. The first-order valence-electron chi connectivity index (χ1n) is 9.61. The summed E-state index contributed by atoms with van der Waals surface area (Å²) >= 11 is 0. The summed E-state index contributed by atoms with van der Waals surface area (Å²) in [5, 5.41) is 3.05. The molecule has 1 heterocycles. The predicted octanol–water partition coefficient (Wildman–Crippen LogP) is 2.82. The molecule has 146 valence electrons. The van der Waals surface area contributed by atoms with E-state index in [4.69, 9.17) is 0 Å². The topological polar surface area (TPSA) is 66.5 Å². The zero-order valence-corrected chi connectivity index (χ0v) is 17.0. The van der Waals surface area contributed by atoms with Gasteiger partial charge in [-0.25, -0.2) is 12.7 Å². The maximum Gasteiger partial charge on any atom is 0.223 e. The van der Waals surface area contributed by atoms with E-state index in [1.54, 1.807) is 4.31 Å². The molecule has 0 spiro atoms. The summed E-state index contributed by atoms with van der Waals surface area (Å²) in [5.74, 6) is 0.548. The summed E-state index contributed by atoms with van der Waals surface area (Å²) < 4.78 is 26.7. The van der Waals surface area contributed by atoms with Crippen molar-refractivity contribution in [3.05, 3.63) is 35.9 Å². The van der Waals surface area contributed by atoms with E-state index in [1.165, 1.54) is 0 Å². The molecule has 1 fully saturated rings. The third-order valence-electron chi connectivity index (χ3n) is 5.30. The molecule has 1 atom stereocenters. The van der Waals surface area contributed by atoms with Crippen molar-refractivity contribution in [3.63, 3.8) is 0 Å². The van der Waals surface area contributed by atoms with Crippen molar-refractivity contribution in [3.8, 4) is 0 Å². The highest BCUT2D eigenvalue weighted by Crippen LogP contribution is 2.21. The predicted molar refractivity (Wildman–Crippen MR) is 105 cm³/mol. The fourth-order valence-corrected chi connectivity index (χ4v) is 4.67. The number of carbonyl (C=O) groups is 1. The fourth-order valence-electron chi connectivity index (χ4n) is 3.14. The summed E-state index contributed by atoms with van der Waals surface area (Å²) in [6, 6.07) is 10.1. The van der Waals surface area contributed by atoms with Crippen LogP contribution in [-0.2, 0) is 21.2 Å². The van der Waals surface area contributed by atoms with Gasteiger partial charge in [0.25, 0.3) is 0 Å². The van der Waals surface area contributed by atoms with Crippen LogP contribution in [0.5, 0.6) is 0 Å². The highest BCUT2D eigenvalue weighted by molar-refractivity contribution is 7.89. The van der Waals surface area contributed by atoms with Gasteiger partial charge in [0, 0.05) is 25.0 Å². The second kappa shape index (κ2) is 9.51. The van der Waals surface area contributed by atoms with E-state index in [0.29, 0.717) is 38.3 Å². The number of hydrogen-bond donors (Lipinski definition) is 1. The Labute approximate surface area is 158 Å². The molecular weight excluding hydrogens is 348 g/mol. The van der Waals surface area contributed by atoms with Crippen molar-refractivity contribution < 1.29 is 13.2 Å². The number of piperidine rings is 1. The van der Waals surface area contributed by atoms with Crippen molar-refractivity contribution in [2.75, 3.05) is 18.8 Å². The van der Waals surface area contributed by atoms with Crippen LogP contribution >= 0.6 is 0 Å². The molecule has 5 nitrogen and oxygen atoms in total. The number of nitrogens with one attached hydrogen (secondary N) is 1. The first-order chi connectivity index (χ1) is 12.3. The molecule has 0 aliphatic carbocycles. The molecule has 2 rings (SSSR count). The Morgan fingerprint density at radius 3 is 2.35 bits per heavy atom. The third-order valence-corrected chi connectivity index (χ3v) is 7.26. The van der Waals surface area contributed by atoms with Crippen molar-refractivity contribution in [2.24, 2.45) is 11.8 Å². The highest BCUT2D eigenvalue weighted by Gasteiger charge is 2.31. The van der Waals surface area contributed by atoms with Crippen LogP contribution in [0.3, 0.4) is 0 Å². The number of benzene rings is 1. The maximum absolute atomic E-state index is 12.5. The molecule has 0 saturated carbocycles. The van der Waals surface area contributed by atoms with E-state index in [9.17, 15) is 13.2 Å². The van der Waals surface area contributed by atoms with Gasteiger partial charge in [-0.1, -0.05) is 44.2 Å². The van der Waals surface area contributed by atoms with Gasteiger partial charge in [-0.05, 0) is 44.1 Å². The highest BCUT2D eigenvalue weighted by atomic mass is 32.2. The largest absolute Gasteiger partial charge is 0.353 e. The van der Waals surface area contributed by atoms with Crippen LogP contribution in [0.4, 0.5) is 0 Å². The van der Waals surface area contributed by atoms with Crippen LogP contribution in [0, 0.1) is 11.8 Å².